The number of rotatable bonds is 9. The summed E-state index contributed by atoms with van der Waals surface area (Å²) in [4.78, 5) is 5.17. The van der Waals surface area contributed by atoms with E-state index in [9.17, 15) is 0 Å². The summed E-state index contributed by atoms with van der Waals surface area (Å²) in [7, 11) is 1.72. The molecule has 1 aromatic rings. The van der Waals surface area contributed by atoms with Gasteiger partial charge in [-0.25, -0.2) is 0 Å². The second-order valence-electron chi connectivity index (χ2n) is 6.39. The third-order valence-corrected chi connectivity index (χ3v) is 4.90. The van der Waals surface area contributed by atoms with Gasteiger partial charge in [-0.05, 0) is 75.6 Å². The Labute approximate surface area is 136 Å². The SMILES string of the molecule is CCN(CC)CCCN1CCC(Cc2ccc(OC)cc2)C1. The van der Waals surface area contributed by atoms with Crippen LogP contribution in [-0.2, 0) is 6.42 Å². The van der Waals surface area contributed by atoms with Crippen molar-refractivity contribution in [3.8, 4) is 5.75 Å². The van der Waals surface area contributed by atoms with Gasteiger partial charge in [0.15, 0.2) is 0 Å². The largest absolute Gasteiger partial charge is 0.497 e. The second kappa shape index (κ2) is 9.16. The Bertz CT molecular complexity index is 414. The van der Waals surface area contributed by atoms with Gasteiger partial charge in [0.05, 0.1) is 7.11 Å². The van der Waals surface area contributed by atoms with Crippen molar-refractivity contribution in [2.75, 3.05) is 46.4 Å². The first kappa shape index (κ1) is 17.3. The fraction of sp³-hybridized carbons (Fsp3) is 0.684. The number of methoxy groups -OCH3 is 1. The van der Waals surface area contributed by atoms with E-state index in [0.29, 0.717) is 0 Å². The van der Waals surface area contributed by atoms with Crippen molar-refractivity contribution >= 4 is 0 Å². The van der Waals surface area contributed by atoms with Crippen molar-refractivity contribution in [3.63, 3.8) is 0 Å². The van der Waals surface area contributed by atoms with Crippen LogP contribution in [0.4, 0.5) is 0 Å². The minimum atomic E-state index is 0.821. The van der Waals surface area contributed by atoms with Gasteiger partial charge in [0.2, 0.25) is 0 Å². The fourth-order valence-corrected chi connectivity index (χ4v) is 3.44. The molecule has 0 spiro atoms. The maximum atomic E-state index is 5.23. The number of likely N-dealkylation sites (tertiary alicyclic amines) is 1. The van der Waals surface area contributed by atoms with Crippen molar-refractivity contribution in [1.29, 1.82) is 0 Å². The molecular formula is C19H32N2O. The van der Waals surface area contributed by atoms with Gasteiger partial charge in [-0.3, -0.25) is 0 Å². The molecule has 3 heteroatoms. The summed E-state index contributed by atoms with van der Waals surface area (Å²) >= 11 is 0. The third kappa shape index (κ3) is 5.29. The molecule has 0 saturated carbocycles. The van der Waals surface area contributed by atoms with Gasteiger partial charge in [-0.15, -0.1) is 0 Å². The van der Waals surface area contributed by atoms with E-state index >= 15 is 0 Å². The van der Waals surface area contributed by atoms with Crippen LogP contribution in [0.5, 0.6) is 5.75 Å². The number of benzene rings is 1. The Morgan fingerprint density at radius 1 is 1.18 bits per heavy atom. The smallest absolute Gasteiger partial charge is 0.118 e. The lowest BCUT2D eigenvalue weighted by atomic mass is 9.99. The van der Waals surface area contributed by atoms with Crippen LogP contribution in [0.2, 0.25) is 0 Å². The highest BCUT2D eigenvalue weighted by atomic mass is 16.5. The van der Waals surface area contributed by atoms with E-state index in [1.807, 2.05) is 0 Å². The second-order valence-corrected chi connectivity index (χ2v) is 6.39. The van der Waals surface area contributed by atoms with E-state index in [-0.39, 0.29) is 0 Å². The monoisotopic (exact) mass is 304 g/mol. The summed E-state index contributed by atoms with van der Waals surface area (Å²) in [6.07, 6.45) is 3.85. The highest BCUT2D eigenvalue weighted by molar-refractivity contribution is 5.27. The Morgan fingerprint density at radius 3 is 2.55 bits per heavy atom. The molecule has 0 N–H and O–H groups in total. The molecule has 0 amide bonds. The summed E-state index contributed by atoms with van der Waals surface area (Å²) in [6.45, 7) is 11.9. The maximum absolute atomic E-state index is 5.23. The summed E-state index contributed by atoms with van der Waals surface area (Å²) in [5, 5.41) is 0. The minimum absolute atomic E-state index is 0.821. The highest BCUT2D eigenvalue weighted by Gasteiger charge is 2.22. The minimum Gasteiger partial charge on any atom is -0.497 e. The van der Waals surface area contributed by atoms with Gasteiger partial charge >= 0.3 is 0 Å². The molecule has 124 valence electrons. The molecule has 1 aromatic carbocycles. The van der Waals surface area contributed by atoms with E-state index in [4.69, 9.17) is 4.74 Å². The Morgan fingerprint density at radius 2 is 1.91 bits per heavy atom. The van der Waals surface area contributed by atoms with Crippen molar-refractivity contribution in [2.45, 2.75) is 33.1 Å². The van der Waals surface area contributed by atoms with Crippen molar-refractivity contribution in [1.82, 2.24) is 9.80 Å². The van der Waals surface area contributed by atoms with Crippen LogP contribution >= 0.6 is 0 Å². The molecule has 1 saturated heterocycles. The van der Waals surface area contributed by atoms with Crippen molar-refractivity contribution in [3.05, 3.63) is 29.8 Å². The zero-order chi connectivity index (χ0) is 15.8. The molecule has 1 unspecified atom stereocenters. The maximum Gasteiger partial charge on any atom is 0.118 e. The predicted molar refractivity (Wildman–Crippen MR) is 93.7 cm³/mol. The van der Waals surface area contributed by atoms with Gasteiger partial charge < -0.3 is 14.5 Å². The van der Waals surface area contributed by atoms with Crippen LogP contribution < -0.4 is 4.74 Å². The highest BCUT2D eigenvalue weighted by Crippen LogP contribution is 2.22. The van der Waals surface area contributed by atoms with Gasteiger partial charge in [-0.1, -0.05) is 26.0 Å². The fourth-order valence-electron chi connectivity index (χ4n) is 3.44. The van der Waals surface area contributed by atoms with Gasteiger partial charge in [0.25, 0.3) is 0 Å². The number of hydrogen-bond acceptors (Lipinski definition) is 3. The van der Waals surface area contributed by atoms with Crippen molar-refractivity contribution in [2.24, 2.45) is 5.92 Å². The van der Waals surface area contributed by atoms with Crippen molar-refractivity contribution < 1.29 is 4.74 Å². The Kier molecular flexibility index (Phi) is 7.20. The summed E-state index contributed by atoms with van der Waals surface area (Å²) in [5.41, 5.74) is 1.44. The molecule has 3 nitrogen and oxygen atoms in total. The summed E-state index contributed by atoms with van der Waals surface area (Å²) < 4.78 is 5.23. The molecule has 1 atom stereocenters. The molecule has 1 fully saturated rings. The average Bonchev–Trinajstić information content (AvgIpc) is 3.00. The molecule has 2 rings (SSSR count). The molecule has 1 aliphatic rings. The molecule has 0 bridgehead atoms. The Hall–Kier alpha value is -1.06. The Balaban J connectivity index is 1.68. The lowest BCUT2D eigenvalue weighted by molar-refractivity contribution is 0.259. The standard InChI is InChI=1S/C19H32N2O/c1-4-20(5-2)12-6-13-21-14-11-18(16-21)15-17-7-9-19(22-3)10-8-17/h7-10,18H,4-6,11-16H2,1-3H3. The summed E-state index contributed by atoms with van der Waals surface area (Å²) in [6, 6.07) is 8.57. The van der Waals surface area contributed by atoms with E-state index in [1.54, 1.807) is 7.11 Å². The topological polar surface area (TPSA) is 15.7 Å². The number of nitrogens with zero attached hydrogens (tertiary/aromatic N) is 2. The molecule has 0 aromatic heterocycles. The normalized spacial score (nSPS) is 19.0. The molecule has 1 heterocycles. The van der Waals surface area contributed by atoms with Crippen LogP contribution in [-0.4, -0.2) is 56.2 Å². The van der Waals surface area contributed by atoms with Crippen LogP contribution in [0, 0.1) is 5.92 Å². The summed E-state index contributed by atoms with van der Waals surface area (Å²) in [5.74, 6) is 1.77. The van der Waals surface area contributed by atoms with Gasteiger partial charge in [0.1, 0.15) is 5.75 Å². The van der Waals surface area contributed by atoms with Gasteiger partial charge in [0, 0.05) is 6.54 Å². The molecule has 0 aliphatic carbocycles. The number of hydrogen-bond donors (Lipinski definition) is 0. The van der Waals surface area contributed by atoms with E-state index in [0.717, 1.165) is 11.7 Å². The first-order valence-corrected chi connectivity index (χ1v) is 8.82. The quantitative estimate of drug-likeness (QED) is 0.696. The lowest BCUT2D eigenvalue weighted by Gasteiger charge is -2.21. The van der Waals surface area contributed by atoms with Crippen LogP contribution in [0.25, 0.3) is 0 Å². The molecular weight excluding hydrogens is 272 g/mol. The zero-order valence-electron chi connectivity index (χ0n) is 14.6. The molecule has 0 radical (unpaired) electrons. The van der Waals surface area contributed by atoms with E-state index in [1.165, 1.54) is 64.1 Å². The van der Waals surface area contributed by atoms with E-state index in [2.05, 4.69) is 47.9 Å². The first-order chi connectivity index (χ1) is 10.7. The zero-order valence-corrected chi connectivity index (χ0v) is 14.6. The first-order valence-electron chi connectivity index (χ1n) is 8.82. The van der Waals surface area contributed by atoms with E-state index < -0.39 is 0 Å². The predicted octanol–water partition coefficient (Wildman–Crippen LogP) is 3.29. The third-order valence-electron chi connectivity index (χ3n) is 4.90. The molecule has 22 heavy (non-hydrogen) atoms. The average molecular weight is 304 g/mol. The molecule has 1 aliphatic heterocycles. The van der Waals surface area contributed by atoms with Crippen LogP contribution in [0.1, 0.15) is 32.3 Å². The van der Waals surface area contributed by atoms with Gasteiger partial charge in [-0.2, -0.15) is 0 Å². The van der Waals surface area contributed by atoms with Crippen LogP contribution in [0.3, 0.4) is 0 Å². The lowest BCUT2D eigenvalue weighted by Crippen LogP contribution is -2.29. The van der Waals surface area contributed by atoms with Crippen LogP contribution in [0.15, 0.2) is 24.3 Å². The number of ether oxygens (including phenoxy) is 1.